The monoisotopic (exact) mass is 272 g/mol. The summed E-state index contributed by atoms with van der Waals surface area (Å²) in [6.07, 6.45) is 6.91. The van der Waals surface area contributed by atoms with E-state index in [1.165, 1.54) is 43.5 Å². The van der Waals surface area contributed by atoms with Crippen molar-refractivity contribution in [3.63, 3.8) is 0 Å². The van der Waals surface area contributed by atoms with Crippen molar-refractivity contribution in [1.29, 1.82) is 0 Å². The summed E-state index contributed by atoms with van der Waals surface area (Å²) in [7, 11) is 2.24. The normalized spacial score (nSPS) is 29.6. The molecule has 2 saturated carbocycles. The molecule has 2 aliphatic rings. The zero-order valence-electron chi connectivity index (χ0n) is 12.9. The van der Waals surface area contributed by atoms with E-state index < -0.39 is 0 Å². The maximum Gasteiger partial charge on any atom is 0.0412 e. The molecule has 110 valence electrons. The van der Waals surface area contributed by atoms with Gasteiger partial charge in [0.05, 0.1) is 0 Å². The second kappa shape index (κ2) is 5.77. The number of benzene rings is 1. The van der Waals surface area contributed by atoms with Gasteiger partial charge in [-0.3, -0.25) is 0 Å². The van der Waals surface area contributed by atoms with Gasteiger partial charge in [0.1, 0.15) is 0 Å². The van der Waals surface area contributed by atoms with Crippen LogP contribution in [0, 0.1) is 17.8 Å². The van der Waals surface area contributed by atoms with E-state index >= 15 is 0 Å². The van der Waals surface area contributed by atoms with E-state index in [0.717, 1.165) is 24.2 Å². The topological polar surface area (TPSA) is 29.3 Å². The van der Waals surface area contributed by atoms with E-state index in [1.807, 2.05) is 0 Å². The van der Waals surface area contributed by atoms with Crippen LogP contribution < -0.4 is 10.6 Å². The Morgan fingerprint density at radius 1 is 1.25 bits per heavy atom. The molecular formula is C18H28N2. The van der Waals surface area contributed by atoms with Crippen LogP contribution >= 0.6 is 0 Å². The highest BCUT2D eigenvalue weighted by Gasteiger charge is 2.39. The van der Waals surface area contributed by atoms with E-state index in [9.17, 15) is 0 Å². The van der Waals surface area contributed by atoms with Gasteiger partial charge >= 0.3 is 0 Å². The van der Waals surface area contributed by atoms with Crippen LogP contribution in [-0.2, 0) is 0 Å². The lowest BCUT2D eigenvalue weighted by Crippen LogP contribution is -2.30. The number of rotatable bonds is 5. The van der Waals surface area contributed by atoms with E-state index in [2.05, 4.69) is 43.1 Å². The van der Waals surface area contributed by atoms with Crippen LogP contribution in [-0.4, -0.2) is 13.6 Å². The van der Waals surface area contributed by atoms with Crippen molar-refractivity contribution in [1.82, 2.24) is 0 Å². The van der Waals surface area contributed by atoms with Crippen LogP contribution in [0.3, 0.4) is 0 Å². The number of hydrogen-bond acceptors (Lipinski definition) is 2. The molecule has 2 heteroatoms. The van der Waals surface area contributed by atoms with Gasteiger partial charge in [0.2, 0.25) is 0 Å². The first kappa shape index (κ1) is 13.9. The third-order valence-corrected chi connectivity index (χ3v) is 5.58. The summed E-state index contributed by atoms with van der Waals surface area (Å²) in [5.74, 6) is 2.94. The van der Waals surface area contributed by atoms with Crippen molar-refractivity contribution < 1.29 is 0 Å². The molecule has 2 N–H and O–H groups in total. The molecule has 0 heterocycles. The molecule has 1 aromatic rings. The first-order chi connectivity index (χ1) is 9.69. The maximum atomic E-state index is 6.27. The lowest BCUT2D eigenvalue weighted by atomic mass is 9.88. The van der Waals surface area contributed by atoms with Crippen LogP contribution in [0.1, 0.15) is 50.6 Å². The summed E-state index contributed by atoms with van der Waals surface area (Å²) < 4.78 is 0. The van der Waals surface area contributed by atoms with E-state index in [1.54, 1.807) is 0 Å². The predicted octanol–water partition coefficient (Wildman–Crippen LogP) is 3.97. The van der Waals surface area contributed by atoms with Gasteiger partial charge in [-0.1, -0.05) is 31.5 Å². The lowest BCUT2D eigenvalue weighted by Gasteiger charge is -2.30. The highest BCUT2D eigenvalue weighted by molar-refractivity contribution is 5.54. The molecule has 2 aliphatic carbocycles. The second-order valence-corrected chi connectivity index (χ2v) is 6.89. The van der Waals surface area contributed by atoms with Crippen molar-refractivity contribution in [3.8, 4) is 0 Å². The lowest BCUT2D eigenvalue weighted by molar-refractivity contribution is 0.337. The molecule has 0 spiro atoms. The van der Waals surface area contributed by atoms with E-state index in [0.29, 0.717) is 0 Å². The van der Waals surface area contributed by atoms with E-state index in [-0.39, 0.29) is 6.04 Å². The molecule has 0 saturated heterocycles. The quantitative estimate of drug-likeness (QED) is 0.879. The zero-order chi connectivity index (χ0) is 14.1. The van der Waals surface area contributed by atoms with Gasteiger partial charge < -0.3 is 10.6 Å². The van der Waals surface area contributed by atoms with Crippen LogP contribution in [0.5, 0.6) is 0 Å². The van der Waals surface area contributed by atoms with Crippen LogP contribution in [0.15, 0.2) is 24.3 Å². The molecule has 3 rings (SSSR count). The van der Waals surface area contributed by atoms with Crippen LogP contribution in [0.25, 0.3) is 0 Å². The molecular weight excluding hydrogens is 244 g/mol. The fourth-order valence-electron chi connectivity index (χ4n) is 4.42. The van der Waals surface area contributed by atoms with Crippen LogP contribution in [0.2, 0.25) is 0 Å². The Labute approximate surface area is 123 Å². The maximum absolute atomic E-state index is 6.27. The zero-order valence-corrected chi connectivity index (χ0v) is 12.9. The largest absolute Gasteiger partial charge is 0.374 e. The molecule has 0 radical (unpaired) electrons. The molecule has 20 heavy (non-hydrogen) atoms. The Kier molecular flexibility index (Phi) is 4.02. The van der Waals surface area contributed by atoms with Crippen molar-refractivity contribution in [2.75, 3.05) is 18.5 Å². The third kappa shape index (κ3) is 2.58. The number of para-hydroxylation sites is 1. The van der Waals surface area contributed by atoms with Crippen LogP contribution in [0.4, 0.5) is 5.69 Å². The standard InChI is InChI=1S/C18H28N2/c1-3-17(19)16-6-4-5-7-18(16)20(2)12-15-11-13-8-9-14(15)10-13/h4-7,13-15,17H,3,8-12,19H2,1-2H3/t13?,14?,15?,17-/m1/s1. The molecule has 2 nitrogen and oxygen atoms in total. The van der Waals surface area contributed by atoms with E-state index in [4.69, 9.17) is 5.73 Å². The Morgan fingerprint density at radius 3 is 2.70 bits per heavy atom. The smallest absolute Gasteiger partial charge is 0.0412 e. The van der Waals surface area contributed by atoms with Crippen molar-refractivity contribution >= 4 is 5.69 Å². The second-order valence-electron chi connectivity index (χ2n) is 6.89. The van der Waals surface area contributed by atoms with Crippen molar-refractivity contribution in [2.45, 2.75) is 45.1 Å². The Bertz CT molecular complexity index is 456. The first-order valence-corrected chi connectivity index (χ1v) is 8.24. The Morgan fingerprint density at radius 2 is 2.05 bits per heavy atom. The number of nitrogens with two attached hydrogens (primary N) is 1. The predicted molar refractivity (Wildman–Crippen MR) is 85.9 cm³/mol. The third-order valence-electron chi connectivity index (χ3n) is 5.58. The van der Waals surface area contributed by atoms with Gasteiger partial charge in [-0.15, -0.1) is 0 Å². The summed E-state index contributed by atoms with van der Waals surface area (Å²) in [6, 6.07) is 8.84. The van der Waals surface area contributed by atoms with Gasteiger partial charge in [0.15, 0.2) is 0 Å². The molecule has 0 aromatic heterocycles. The van der Waals surface area contributed by atoms with Gasteiger partial charge in [0, 0.05) is 25.3 Å². The summed E-state index contributed by atoms with van der Waals surface area (Å²) >= 11 is 0. The fraction of sp³-hybridized carbons (Fsp3) is 0.667. The average Bonchev–Trinajstić information content (AvgIpc) is 3.09. The fourth-order valence-corrected chi connectivity index (χ4v) is 4.42. The van der Waals surface area contributed by atoms with Gasteiger partial charge in [0.25, 0.3) is 0 Å². The highest BCUT2D eigenvalue weighted by Crippen LogP contribution is 2.48. The minimum Gasteiger partial charge on any atom is -0.374 e. The van der Waals surface area contributed by atoms with Gasteiger partial charge in [-0.2, -0.15) is 0 Å². The number of hydrogen-bond donors (Lipinski definition) is 1. The molecule has 2 fully saturated rings. The summed E-state index contributed by atoms with van der Waals surface area (Å²) in [6.45, 7) is 3.37. The summed E-state index contributed by atoms with van der Waals surface area (Å²) in [5.41, 5.74) is 8.92. The number of fused-ring (bicyclic) bond motifs is 2. The summed E-state index contributed by atoms with van der Waals surface area (Å²) in [4.78, 5) is 2.45. The highest BCUT2D eigenvalue weighted by atomic mass is 15.1. The summed E-state index contributed by atoms with van der Waals surface area (Å²) in [5, 5.41) is 0. The minimum absolute atomic E-state index is 0.161. The Balaban J connectivity index is 1.72. The minimum atomic E-state index is 0.161. The molecule has 1 aromatic carbocycles. The Hall–Kier alpha value is -1.02. The van der Waals surface area contributed by atoms with Crippen molar-refractivity contribution in [3.05, 3.63) is 29.8 Å². The SMILES string of the molecule is CC[C@@H](N)c1ccccc1N(C)CC1CC2CCC1C2. The average molecular weight is 272 g/mol. The number of nitrogens with zero attached hydrogens (tertiary/aromatic N) is 1. The van der Waals surface area contributed by atoms with Crippen molar-refractivity contribution in [2.24, 2.45) is 23.5 Å². The molecule has 3 unspecified atom stereocenters. The molecule has 0 amide bonds. The molecule has 4 atom stereocenters. The van der Waals surface area contributed by atoms with Gasteiger partial charge in [-0.25, -0.2) is 0 Å². The molecule has 2 bridgehead atoms. The number of anilines is 1. The first-order valence-electron chi connectivity index (χ1n) is 8.24. The molecule has 0 aliphatic heterocycles. The van der Waals surface area contributed by atoms with Gasteiger partial charge in [-0.05, 0) is 55.1 Å².